The van der Waals surface area contributed by atoms with Crippen LogP contribution in [-0.4, -0.2) is 12.1 Å². The lowest BCUT2D eigenvalue weighted by Gasteiger charge is -2.22. The Balaban J connectivity index is 2.23. The van der Waals surface area contributed by atoms with Gasteiger partial charge < -0.3 is 4.74 Å². The van der Waals surface area contributed by atoms with E-state index in [9.17, 15) is 4.79 Å². The van der Waals surface area contributed by atoms with E-state index in [0.29, 0.717) is 5.92 Å². The van der Waals surface area contributed by atoms with Gasteiger partial charge in [-0.3, -0.25) is 0 Å². The number of carbonyl (C=O) groups is 1. The van der Waals surface area contributed by atoms with Crippen LogP contribution < -0.4 is 0 Å². The van der Waals surface area contributed by atoms with Crippen LogP contribution in [0.3, 0.4) is 0 Å². The van der Waals surface area contributed by atoms with Gasteiger partial charge in [0.05, 0.1) is 0 Å². The molecule has 2 unspecified atom stereocenters. The van der Waals surface area contributed by atoms with Gasteiger partial charge in [-0.05, 0) is 19.3 Å². The van der Waals surface area contributed by atoms with Crippen LogP contribution in [0.2, 0.25) is 0 Å². The number of fused-ring (bicyclic) bond motifs is 1. The second-order valence-corrected chi connectivity index (χ2v) is 3.69. The molecule has 13 heavy (non-hydrogen) atoms. The Morgan fingerprint density at radius 1 is 1.38 bits per heavy atom. The third kappa shape index (κ3) is 1.41. The van der Waals surface area contributed by atoms with Crippen LogP contribution in [0.1, 0.15) is 25.7 Å². The minimum absolute atomic E-state index is 0.128. The summed E-state index contributed by atoms with van der Waals surface area (Å²) in [5.74, 6) is 0.219. The lowest BCUT2D eigenvalue weighted by atomic mass is 9.83. The molecule has 2 aliphatic rings. The quantitative estimate of drug-likeness (QED) is 0.454. The summed E-state index contributed by atoms with van der Waals surface area (Å²) < 4.78 is 5.28. The normalized spacial score (nSPS) is 35.7. The first-order valence-electron chi connectivity index (χ1n) is 4.86. The van der Waals surface area contributed by atoms with Crippen LogP contribution in [-0.2, 0) is 9.53 Å². The number of esters is 1. The third-order valence-electron chi connectivity index (χ3n) is 2.89. The molecule has 0 amide bonds. The molecule has 0 aromatic heterocycles. The topological polar surface area (TPSA) is 26.3 Å². The van der Waals surface area contributed by atoms with Crippen molar-refractivity contribution < 1.29 is 9.53 Å². The maximum absolute atomic E-state index is 11.4. The molecule has 2 rings (SSSR count). The van der Waals surface area contributed by atoms with Gasteiger partial charge in [-0.2, -0.15) is 0 Å². The lowest BCUT2D eigenvalue weighted by molar-refractivity contribution is -0.139. The number of carbonyl (C=O) groups excluding carboxylic acids is 1. The van der Waals surface area contributed by atoms with Gasteiger partial charge in [0.1, 0.15) is 6.10 Å². The Morgan fingerprint density at radius 2 is 2.15 bits per heavy atom. The van der Waals surface area contributed by atoms with Gasteiger partial charge in [0.2, 0.25) is 0 Å². The second-order valence-electron chi connectivity index (χ2n) is 3.69. The number of hydrogen-bond donors (Lipinski definition) is 0. The number of hydrogen-bond acceptors (Lipinski definition) is 2. The van der Waals surface area contributed by atoms with Crippen LogP contribution >= 0.6 is 0 Å². The van der Waals surface area contributed by atoms with Crippen molar-refractivity contribution in [2.75, 3.05) is 0 Å². The standard InChI is InChI=1S/C11H14O2/c1-2-5-9-8-6-3-4-7-10(8)13-11(9)12/h2,5,8,10H,1,3-4,6-7H2/b9-5-. The monoisotopic (exact) mass is 178 g/mol. The summed E-state index contributed by atoms with van der Waals surface area (Å²) in [6.07, 6.45) is 8.17. The zero-order valence-electron chi connectivity index (χ0n) is 7.66. The molecule has 70 valence electrons. The predicted molar refractivity (Wildman–Crippen MR) is 50.1 cm³/mol. The van der Waals surface area contributed by atoms with E-state index in [2.05, 4.69) is 6.58 Å². The maximum atomic E-state index is 11.4. The number of ether oxygens (including phenoxy) is 1. The summed E-state index contributed by atoms with van der Waals surface area (Å²) in [4.78, 5) is 11.4. The Bertz CT molecular complexity index is 265. The van der Waals surface area contributed by atoms with Crippen LogP contribution in [0.5, 0.6) is 0 Å². The van der Waals surface area contributed by atoms with Gasteiger partial charge >= 0.3 is 5.97 Å². The predicted octanol–water partition coefficient (Wildman–Crippen LogP) is 2.21. The summed E-state index contributed by atoms with van der Waals surface area (Å²) in [7, 11) is 0. The Morgan fingerprint density at radius 3 is 2.92 bits per heavy atom. The molecule has 2 nitrogen and oxygen atoms in total. The van der Waals surface area contributed by atoms with E-state index in [4.69, 9.17) is 4.74 Å². The summed E-state index contributed by atoms with van der Waals surface area (Å²) >= 11 is 0. The molecule has 1 heterocycles. The summed E-state index contributed by atoms with van der Waals surface area (Å²) in [5, 5.41) is 0. The van der Waals surface area contributed by atoms with E-state index in [-0.39, 0.29) is 12.1 Å². The van der Waals surface area contributed by atoms with Crippen LogP contribution in [0.4, 0.5) is 0 Å². The van der Waals surface area contributed by atoms with Gasteiger partial charge in [0, 0.05) is 11.5 Å². The van der Waals surface area contributed by atoms with E-state index in [0.717, 1.165) is 18.4 Å². The van der Waals surface area contributed by atoms with E-state index in [1.165, 1.54) is 12.8 Å². The van der Waals surface area contributed by atoms with E-state index in [1.807, 2.05) is 0 Å². The molecule has 1 aliphatic carbocycles. The molecule has 1 saturated heterocycles. The van der Waals surface area contributed by atoms with Gasteiger partial charge in [-0.15, -0.1) is 0 Å². The molecular weight excluding hydrogens is 164 g/mol. The van der Waals surface area contributed by atoms with E-state index < -0.39 is 0 Å². The highest BCUT2D eigenvalue weighted by Crippen LogP contribution is 2.38. The van der Waals surface area contributed by atoms with Crippen LogP contribution in [0, 0.1) is 5.92 Å². The SMILES string of the molecule is C=C/C=C1\C(=O)OC2CCCCC12. The van der Waals surface area contributed by atoms with Crippen molar-refractivity contribution in [2.45, 2.75) is 31.8 Å². The van der Waals surface area contributed by atoms with Crippen molar-refractivity contribution in [3.63, 3.8) is 0 Å². The molecular formula is C11H14O2. The molecule has 0 spiro atoms. The number of allylic oxidation sites excluding steroid dienone is 2. The van der Waals surface area contributed by atoms with Crippen molar-refractivity contribution in [1.82, 2.24) is 0 Å². The van der Waals surface area contributed by atoms with Gasteiger partial charge in [0.25, 0.3) is 0 Å². The minimum atomic E-state index is -0.128. The third-order valence-corrected chi connectivity index (χ3v) is 2.89. The molecule has 1 aliphatic heterocycles. The fourth-order valence-corrected chi connectivity index (χ4v) is 2.27. The lowest BCUT2D eigenvalue weighted by Crippen LogP contribution is -2.20. The van der Waals surface area contributed by atoms with Crippen molar-refractivity contribution >= 4 is 5.97 Å². The van der Waals surface area contributed by atoms with Crippen molar-refractivity contribution in [2.24, 2.45) is 5.92 Å². The highest BCUT2D eigenvalue weighted by Gasteiger charge is 2.40. The average Bonchev–Trinajstić information content (AvgIpc) is 2.44. The smallest absolute Gasteiger partial charge is 0.334 e. The molecule has 1 saturated carbocycles. The zero-order chi connectivity index (χ0) is 9.26. The fourth-order valence-electron chi connectivity index (χ4n) is 2.27. The van der Waals surface area contributed by atoms with Gasteiger partial charge in [0.15, 0.2) is 0 Å². The largest absolute Gasteiger partial charge is 0.458 e. The van der Waals surface area contributed by atoms with Crippen molar-refractivity contribution in [3.05, 3.63) is 24.3 Å². The fraction of sp³-hybridized carbons (Fsp3) is 0.545. The van der Waals surface area contributed by atoms with E-state index in [1.54, 1.807) is 12.2 Å². The second kappa shape index (κ2) is 3.36. The molecule has 0 bridgehead atoms. The van der Waals surface area contributed by atoms with Gasteiger partial charge in [-0.1, -0.05) is 25.2 Å². The Hall–Kier alpha value is -1.05. The van der Waals surface area contributed by atoms with Crippen molar-refractivity contribution in [1.29, 1.82) is 0 Å². The minimum Gasteiger partial charge on any atom is -0.458 e. The Kier molecular flexibility index (Phi) is 2.21. The molecule has 0 radical (unpaired) electrons. The molecule has 2 atom stereocenters. The van der Waals surface area contributed by atoms with E-state index >= 15 is 0 Å². The maximum Gasteiger partial charge on any atom is 0.334 e. The zero-order valence-corrected chi connectivity index (χ0v) is 7.66. The summed E-state index contributed by atoms with van der Waals surface area (Å²) in [6.45, 7) is 3.61. The van der Waals surface area contributed by atoms with Gasteiger partial charge in [-0.25, -0.2) is 4.79 Å². The molecule has 0 aromatic carbocycles. The Labute approximate surface area is 78.3 Å². The summed E-state index contributed by atoms with van der Waals surface area (Å²) in [5.41, 5.74) is 0.833. The molecule has 2 fully saturated rings. The first kappa shape index (κ1) is 8.54. The highest BCUT2D eigenvalue weighted by molar-refractivity contribution is 5.91. The molecule has 0 aromatic rings. The first-order chi connectivity index (χ1) is 6.33. The molecule has 2 heteroatoms. The average molecular weight is 178 g/mol. The number of rotatable bonds is 1. The molecule has 0 N–H and O–H groups in total. The highest BCUT2D eigenvalue weighted by atomic mass is 16.6. The first-order valence-corrected chi connectivity index (χ1v) is 4.86. The van der Waals surface area contributed by atoms with Crippen LogP contribution in [0.15, 0.2) is 24.3 Å². The summed E-state index contributed by atoms with van der Waals surface area (Å²) in [6, 6.07) is 0. The van der Waals surface area contributed by atoms with Crippen LogP contribution in [0.25, 0.3) is 0 Å². The van der Waals surface area contributed by atoms with Crippen molar-refractivity contribution in [3.8, 4) is 0 Å².